The Bertz CT molecular complexity index is 408. The van der Waals surface area contributed by atoms with Crippen LogP contribution in [-0.2, 0) is 6.42 Å². The van der Waals surface area contributed by atoms with Crippen LogP contribution >= 0.6 is 12.4 Å². The highest BCUT2D eigenvalue weighted by molar-refractivity contribution is 5.85. The molecular weight excluding hydrogens is 258 g/mol. The number of hydrogen-bond donors (Lipinski definition) is 0. The highest BCUT2D eigenvalue weighted by atomic mass is 35.5. The van der Waals surface area contributed by atoms with Crippen LogP contribution in [0.15, 0.2) is 24.3 Å². The SMILES string of the molecule is CN(C)CC1CCCC[C@]12Cc1ccccc1O2.Cl. The minimum atomic E-state index is 0. The number of hydrogen-bond acceptors (Lipinski definition) is 2. The fourth-order valence-electron chi connectivity index (χ4n) is 3.67. The lowest BCUT2D eigenvalue weighted by molar-refractivity contribution is -0.0150. The topological polar surface area (TPSA) is 12.5 Å². The molecule has 1 aromatic carbocycles. The van der Waals surface area contributed by atoms with E-state index in [4.69, 9.17) is 4.74 Å². The Kier molecular flexibility index (Phi) is 4.42. The number of rotatable bonds is 2. The Morgan fingerprint density at radius 1 is 1.26 bits per heavy atom. The Balaban J connectivity index is 0.00000133. The van der Waals surface area contributed by atoms with Gasteiger partial charge in [-0.05, 0) is 45.0 Å². The van der Waals surface area contributed by atoms with Gasteiger partial charge in [-0.1, -0.05) is 24.6 Å². The average molecular weight is 282 g/mol. The van der Waals surface area contributed by atoms with Gasteiger partial charge in [-0.25, -0.2) is 0 Å². The van der Waals surface area contributed by atoms with Crippen LogP contribution in [0.4, 0.5) is 0 Å². The first-order valence-corrected chi connectivity index (χ1v) is 7.11. The molecule has 2 atom stereocenters. The predicted molar refractivity (Wildman–Crippen MR) is 81.3 cm³/mol. The molecule has 1 spiro atoms. The summed E-state index contributed by atoms with van der Waals surface area (Å²) in [6.07, 6.45) is 6.33. The molecule has 1 fully saturated rings. The molecule has 1 aliphatic carbocycles. The summed E-state index contributed by atoms with van der Waals surface area (Å²) in [6.45, 7) is 1.15. The molecule has 19 heavy (non-hydrogen) atoms. The van der Waals surface area contributed by atoms with Crippen molar-refractivity contribution in [2.75, 3.05) is 20.6 Å². The van der Waals surface area contributed by atoms with Crippen molar-refractivity contribution in [3.05, 3.63) is 29.8 Å². The van der Waals surface area contributed by atoms with Crippen LogP contribution in [0, 0.1) is 5.92 Å². The Hall–Kier alpha value is -0.730. The third-order valence-corrected chi connectivity index (χ3v) is 4.51. The second-order valence-corrected chi connectivity index (χ2v) is 6.16. The molecule has 0 radical (unpaired) electrons. The largest absolute Gasteiger partial charge is 0.486 e. The number of fused-ring (bicyclic) bond motifs is 1. The molecule has 1 saturated carbocycles. The maximum absolute atomic E-state index is 6.42. The summed E-state index contributed by atoms with van der Waals surface area (Å²) in [6, 6.07) is 8.57. The molecule has 106 valence electrons. The lowest BCUT2D eigenvalue weighted by atomic mass is 9.73. The van der Waals surface area contributed by atoms with Gasteiger partial charge in [0.25, 0.3) is 0 Å². The van der Waals surface area contributed by atoms with E-state index in [0.717, 1.165) is 18.7 Å². The zero-order chi connectivity index (χ0) is 12.6. The van der Waals surface area contributed by atoms with Crippen LogP contribution in [0.1, 0.15) is 31.2 Å². The second kappa shape index (κ2) is 5.72. The lowest BCUT2D eigenvalue weighted by Gasteiger charge is -2.41. The van der Waals surface area contributed by atoms with E-state index in [2.05, 4.69) is 43.3 Å². The van der Waals surface area contributed by atoms with Crippen LogP contribution in [0.25, 0.3) is 0 Å². The van der Waals surface area contributed by atoms with E-state index in [9.17, 15) is 0 Å². The normalized spacial score (nSPS) is 28.9. The Morgan fingerprint density at radius 2 is 2.05 bits per heavy atom. The summed E-state index contributed by atoms with van der Waals surface area (Å²) in [5.41, 5.74) is 1.50. The van der Waals surface area contributed by atoms with Crippen molar-refractivity contribution in [2.45, 2.75) is 37.7 Å². The van der Waals surface area contributed by atoms with Gasteiger partial charge in [-0.2, -0.15) is 0 Å². The summed E-state index contributed by atoms with van der Waals surface area (Å²) in [4.78, 5) is 2.31. The summed E-state index contributed by atoms with van der Waals surface area (Å²) >= 11 is 0. The first-order chi connectivity index (χ1) is 8.70. The number of para-hydroxylation sites is 1. The van der Waals surface area contributed by atoms with Crippen LogP contribution in [0.5, 0.6) is 5.75 Å². The van der Waals surface area contributed by atoms with E-state index < -0.39 is 0 Å². The number of nitrogens with zero attached hydrogens (tertiary/aromatic N) is 1. The molecule has 1 heterocycles. The monoisotopic (exact) mass is 281 g/mol. The molecule has 1 unspecified atom stereocenters. The molecule has 3 heteroatoms. The van der Waals surface area contributed by atoms with Crippen molar-refractivity contribution >= 4 is 12.4 Å². The first-order valence-electron chi connectivity index (χ1n) is 7.11. The number of benzene rings is 1. The van der Waals surface area contributed by atoms with Gasteiger partial charge < -0.3 is 9.64 Å². The molecule has 0 saturated heterocycles. The summed E-state index contributed by atoms with van der Waals surface area (Å²) in [5.74, 6) is 1.80. The van der Waals surface area contributed by atoms with E-state index in [1.807, 2.05) is 0 Å². The van der Waals surface area contributed by atoms with Gasteiger partial charge in [0.2, 0.25) is 0 Å². The fourth-order valence-corrected chi connectivity index (χ4v) is 3.67. The number of halogens is 1. The van der Waals surface area contributed by atoms with Gasteiger partial charge >= 0.3 is 0 Å². The molecule has 1 aliphatic heterocycles. The quantitative estimate of drug-likeness (QED) is 0.822. The zero-order valence-electron chi connectivity index (χ0n) is 11.9. The molecular formula is C16H24ClNO. The number of ether oxygens (including phenoxy) is 1. The van der Waals surface area contributed by atoms with Gasteiger partial charge in [0.05, 0.1) is 0 Å². The minimum Gasteiger partial charge on any atom is -0.486 e. The highest BCUT2D eigenvalue weighted by Gasteiger charge is 2.46. The van der Waals surface area contributed by atoms with Crippen molar-refractivity contribution in [3.63, 3.8) is 0 Å². The first kappa shape index (κ1) is 14.7. The fraction of sp³-hybridized carbons (Fsp3) is 0.625. The second-order valence-electron chi connectivity index (χ2n) is 6.16. The third-order valence-electron chi connectivity index (χ3n) is 4.51. The van der Waals surface area contributed by atoms with Gasteiger partial charge in [0.1, 0.15) is 11.4 Å². The maximum Gasteiger partial charge on any atom is 0.123 e. The van der Waals surface area contributed by atoms with Crippen LogP contribution in [-0.4, -0.2) is 31.1 Å². The molecule has 0 N–H and O–H groups in total. The van der Waals surface area contributed by atoms with Gasteiger partial charge in [-0.15, -0.1) is 12.4 Å². The van der Waals surface area contributed by atoms with Crippen molar-refractivity contribution in [1.29, 1.82) is 0 Å². The smallest absolute Gasteiger partial charge is 0.123 e. The van der Waals surface area contributed by atoms with E-state index in [-0.39, 0.29) is 18.0 Å². The van der Waals surface area contributed by atoms with E-state index in [0.29, 0.717) is 5.92 Å². The van der Waals surface area contributed by atoms with E-state index >= 15 is 0 Å². The molecule has 3 rings (SSSR count). The van der Waals surface area contributed by atoms with Crippen molar-refractivity contribution < 1.29 is 4.74 Å². The van der Waals surface area contributed by atoms with Gasteiger partial charge in [0, 0.05) is 18.9 Å². The predicted octanol–water partition coefficient (Wildman–Crippen LogP) is 3.53. The molecule has 1 aromatic rings. The van der Waals surface area contributed by atoms with Crippen molar-refractivity contribution in [3.8, 4) is 5.75 Å². The van der Waals surface area contributed by atoms with Crippen molar-refractivity contribution in [1.82, 2.24) is 4.90 Å². The molecule has 0 bridgehead atoms. The summed E-state index contributed by atoms with van der Waals surface area (Å²) in [7, 11) is 4.34. The van der Waals surface area contributed by atoms with E-state index in [1.165, 1.54) is 31.2 Å². The van der Waals surface area contributed by atoms with Crippen molar-refractivity contribution in [2.24, 2.45) is 5.92 Å². The third kappa shape index (κ3) is 2.75. The molecule has 2 aliphatic rings. The maximum atomic E-state index is 6.42. The minimum absolute atomic E-state index is 0. The highest BCUT2D eigenvalue weighted by Crippen LogP contribution is 2.46. The average Bonchev–Trinajstić information content (AvgIpc) is 2.70. The molecule has 0 amide bonds. The van der Waals surface area contributed by atoms with Gasteiger partial charge in [-0.3, -0.25) is 0 Å². The van der Waals surface area contributed by atoms with E-state index in [1.54, 1.807) is 0 Å². The zero-order valence-corrected chi connectivity index (χ0v) is 12.7. The standard InChI is InChI=1S/C16H23NO.ClH/c1-17(2)12-14-8-5-6-10-16(14)11-13-7-3-4-9-15(13)18-16;/h3-4,7,9,14H,5-6,8,10-12H2,1-2H3;1H/t14?,16-;/m0./s1. The van der Waals surface area contributed by atoms with Crippen LogP contribution < -0.4 is 4.74 Å². The van der Waals surface area contributed by atoms with Crippen LogP contribution in [0.2, 0.25) is 0 Å². The van der Waals surface area contributed by atoms with Gasteiger partial charge in [0.15, 0.2) is 0 Å². The molecule has 0 aromatic heterocycles. The van der Waals surface area contributed by atoms with Crippen LogP contribution in [0.3, 0.4) is 0 Å². The molecule has 2 nitrogen and oxygen atoms in total. The summed E-state index contributed by atoms with van der Waals surface area (Å²) in [5, 5.41) is 0. The Morgan fingerprint density at radius 3 is 2.79 bits per heavy atom. The lowest BCUT2D eigenvalue weighted by Crippen LogP contribution is -2.48. The summed E-state index contributed by atoms with van der Waals surface area (Å²) < 4.78 is 6.42. The Labute approximate surface area is 122 Å².